The highest BCUT2D eigenvalue weighted by atomic mass is 15.1. The Balaban J connectivity index is 2.01. The molecule has 5 heteroatoms. The first kappa shape index (κ1) is 13.8. The highest BCUT2D eigenvalue weighted by Gasteiger charge is 2.17. The number of hydrogen-bond donors (Lipinski definition) is 2. The molecular weight excluding hydrogens is 262 g/mol. The highest BCUT2D eigenvalue weighted by molar-refractivity contribution is 5.77. The van der Waals surface area contributed by atoms with E-state index in [2.05, 4.69) is 46.6 Å². The summed E-state index contributed by atoms with van der Waals surface area (Å²) in [5.74, 6) is 0.951. The van der Waals surface area contributed by atoms with E-state index in [-0.39, 0.29) is 6.04 Å². The quantitative estimate of drug-likeness (QED) is 0.756. The van der Waals surface area contributed by atoms with Crippen molar-refractivity contribution in [2.45, 2.75) is 39.3 Å². The summed E-state index contributed by atoms with van der Waals surface area (Å²) >= 11 is 0. The molecule has 0 aliphatic rings. The molecule has 0 saturated carbocycles. The zero-order valence-corrected chi connectivity index (χ0v) is 12.5. The molecule has 0 amide bonds. The number of aromatic nitrogens is 4. The first-order valence-corrected chi connectivity index (χ1v) is 7.38. The van der Waals surface area contributed by atoms with Gasteiger partial charge in [-0.2, -0.15) is 0 Å². The van der Waals surface area contributed by atoms with Crippen LogP contribution in [-0.4, -0.2) is 19.5 Å². The maximum Gasteiger partial charge on any atom is 0.127 e. The van der Waals surface area contributed by atoms with Crippen LogP contribution in [0.5, 0.6) is 0 Å². The van der Waals surface area contributed by atoms with Crippen LogP contribution in [0.4, 0.5) is 0 Å². The fourth-order valence-electron chi connectivity index (χ4n) is 2.72. The molecule has 3 rings (SSSR count). The number of nitrogens with two attached hydrogens (primary N) is 1. The van der Waals surface area contributed by atoms with E-state index in [0.717, 1.165) is 35.5 Å². The van der Waals surface area contributed by atoms with Crippen LogP contribution < -0.4 is 5.73 Å². The second kappa shape index (κ2) is 5.69. The number of aryl methyl sites for hydroxylation is 2. The fraction of sp³-hybridized carbons (Fsp3) is 0.375. The van der Waals surface area contributed by atoms with Gasteiger partial charge in [-0.3, -0.25) is 0 Å². The van der Waals surface area contributed by atoms with Gasteiger partial charge in [-0.05, 0) is 31.0 Å². The van der Waals surface area contributed by atoms with Crippen LogP contribution in [0.2, 0.25) is 0 Å². The molecule has 1 atom stereocenters. The molecule has 1 aromatic carbocycles. The second-order valence-corrected chi connectivity index (χ2v) is 5.50. The van der Waals surface area contributed by atoms with Crippen molar-refractivity contribution in [3.05, 3.63) is 47.8 Å². The number of aromatic amines is 1. The number of nitrogens with zero attached hydrogens (tertiary/aromatic N) is 3. The molecule has 0 bridgehead atoms. The molecule has 2 aromatic heterocycles. The van der Waals surface area contributed by atoms with Crippen LogP contribution in [0.3, 0.4) is 0 Å². The van der Waals surface area contributed by atoms with Crippen LogP contribution in [0.15, 0.2) is 30.7 Å². The Morgan fingerprint density at radius 2 is 2.24 bits per heavy atom. The average molecular weight is 283 g/mol. The van der Waals surface area contributed by atoms with Crippen molar-refractivity contribution >= 4 is 11.0 Å². The van der Waals surface area contributed by atoms with E-state index >= 15 is 0 Å². The average Bonchev–Trinajstić information content (AvgIpc) is 3.07. The van der Waals surface area contributed by atoms with E-state index in [1.807, 2.05) is 6.20 Å². The van der Waals surface area contributed by atoms with Crippen molar-refractivity contribution in [3.8, 4) is 0 Å². The Morgan fingerprint density at radius 3 is 2.95 bits per heavy atom. The minimum absolute atomic E-state index is 0.135. The Kier molecular flexibility index (Phi) is 3.75. The SMILES string of the molecule is CCCn1c(C(N)Cc2cnc[nH]2)nc2cc(C)ccc21. The Hall–Kier alpha value is -2.14. The molecule has 0 fully saturated rings. The van der Waals surface area contributed by atoms with Crippen LogP contribution in [0.25, 0.3) is 11.0 Å². The van der Waals surface area contributed by atoms with Gasteiger partial charge in [0.2, 0.25) is 0 Å². The van der Waals surface area contributed by atoms with Gasteiger partial charge in [0.1, 0.15) is 5.82 Å². The van der Waals surface area contributed by atoms with Gasteiger partial charge >= 0.3 is 0 Å². The predicted molar refractivity (Wildman–Crippen MR) is 84.0 cm³/mol. The van der Waals surface area contributed by atoms with Crippen molar-refractivity contribution in [1.82, 2.24) is 19.5 Å². The monoisotopic (exact) mass is 283 g/mol. The van der Waals surface area contributed by atoms with Gasteiger partial charge in [0.25, 0.3) is 0 Å². The smallest absolute Gasteiger partial charge is 0.127 e. The Bertz CT molecular complexity index is 727. The molecule has 5 nitrogen and oxygen atoms in total. The van der Waals surface area contributed by atoms with Crippen LogP contribution in [0.1, 0.15) is 36.5 Å². The number of nitrogens with one attached hydrogen (secondary N) is 1. The molecule has 3 N–H and O–H groups in total. The summed E-state index contributed by atoms with van der Waals surface area (Å²) < 4.78 is 2.25. The van der Waals surface area contributed by atoms with Crippen LogP contribution in [-0.2, 0) is 13.0 Å². The lowest BCUT2D eigenvalue weighted by Gasteiger charge is -2.13. The third kappa shape index (κ3) is 2.69. The minimum atomic E-state index is -0.135. The molecule has 2 heterocycles. The zero-order valence-electron chi connectivity index (χ0n) is 12.5. The molecule has 3 aromatic rings. The molecule has 0 aliphatic heterocycles. The van der Waals surface area contributed by atoms with Gasteiger partial charge < -0.3 is 15.3 Å². The summed E-state index contributed by atoms with van der Waals surface area (Å²) in [5, 5.41) is 0. The van der Waals surface area contributed by atoms with E-state index in [1.165, 1.54) is 5.56 Å². The van der Waals surface area contributed by atoms with Gasteiger partial charge in [0, 0.05) is 24.9 Å². The summed E-state index contributed by atoms with van der Waals surface area (Å²) in [6.07, 6.45) is 5.27. The Labute approximate surface area is 124 Å². The van der Waals surface area contributed by atoms with Gasteiger partial charge in [0.05, 0.1) is 23.4 Å². The number of H-pyrrole nitrogens is 1. The summed E-state index contributed by atoms with van der Waals surface area (Å²) in [4.78, 5) is 11.9. The maximum absolute atomic E-state index is 6.39. The summed E-state index contributed by atoms with van der Waals surface area (Å²) in [5.41, 5.74) is 10.8. The number of rotatable bonds is 5. The lowest BCUT2D eigenvalue weighted by molar-refractivity contribution is 0.581. The van der Waals surface area contributed by atoms with Crippen molar-refractivity contribution in [1.29, 1.82) is 0 Å². The number of hydrogen-bond acceptors (Lipinski definition) is 3. The standard InChI is InChI=1S/C16H21N5/c1-3-6-21-15-5-4-11(2)7-14(15)20-16(21)13(17)8-12-9-18-10-19-12/h4-5,7,9-10,13H,3,6,8,17H2,1-2H3,(H,18,19). The molecule has 21 heavy (non-hydrogen) atoms. The maximum atomic E-state index is 6.39. The van der Waals surface area contributed by atoms with E-state index in [1.54, 1.807) is 6.33 Å². The van der Waals surface area contributed by atoms with E-state index in [4.69, 9.17) is 10.7 Å². The van der Waals surface area contributed by atoms with Crippen molar-refractivity contribution in [2.24, 2.45) is 5.73 Å². The van der Waals surface area contributed by atoms with Gasteiger partial charge in [-0.15, -0.1) is 0 Å². The largest absolute Gasteiger partial charge is 0.348 e. The lowest BCUT2D eigenvalue weighted by Crippen LogP contribution is -2.19. The molecular formula is C16H21N5. The van der Waals surface area contributed by atoms with E-state index in [0.29, 0.717) is 6.42 Å². The Morgan fingerprint density at radius 1 is 1.38 bits per heavy atom. The van der Waals surface area contributed by atoms with Gasteiger partial charge in [0.15, 0.2) is 0 Å². The van der Waals surface area contributed by atoms with Crippen LogP contribution >= 0.6 is 0 Å². The van der Waals surface area contributed by atoms with Gasteiger partial charge in [-0.1, -0.05) is 13.0 Å². The summed E-state index contributed by atoms with van der Waals surface area (Å²) in [6.45, 7) is 5.19. The number of fused-ring (bicyclic) bond motifs is 1. The van der Waals surface area contributed by atoms with E-state index < -0.39 is 0 Å². The van der Waals surface area contributed by atoms with E-state index in [9.17, 15) is 0 Å². The summed E-state index contributed by atoms with van der Waals surface area (Å²) in [6, 6.07) is 6.25. The molecule has 0 radical (unpaired) electrons. The number of benzene rings is 1. The molecule has 1 unspecified atom stereocenters. The topological polar surface area (TPSA) is 72.5 Å². The lowest BCUT2D eigenvalue weighted by atomic mass is 10.1. The normalized spacial score (nSPS) is 12.9. The third-order valence-electron chi connectivity index (χ3n) is 3.71. The zero-order chi connectivity index (χ0) is 14.8. The van der Waals surface area contributed by atoms with Crippen molar-refractivity contribution in [3.63, 3.8) is 0 Å². The summed E-state index contributed by atoms with van der Waals surface area (Å²) in [7, 11) is 0. The molecule has 110 valence electrons. The number of imidazole rings is 2. The molecule has 0 aliphatic carbocycles. The predicted octanol–water partition coefficient (Wildman–Crippen LogP) is 2.72. The van der Waals surface area contributed by atoms with Crippen LogP contribution in [0, 0.1) is 6.92 Å². The molecule has 0 saturated heterocycles. The first-order valence-electron chi connectivity index (χ1n) is 7.38. The third-order valence-corrected chi connectivity index (χ3v) is 3.71. The fourth-order valence-corrected chi connectivity index (χ4v) is 2.72. The van der Waals surface area contributed by atoms with Crippen molar-refractivity contribution in [2.75, 3.05) is 0 Å². The van der Waals surface area contributed by atoms with Crippen molar-refractivity contribution < 1.29 is 0 Å². The highest BCUT2D eigenvalue weighted by Crippen LogP contribution is 2.23. The first-order chi connectivity index (χ1) is 10.2. The minimum Gasteiger partial charge on any atom is -0.348 e. The second-order valence-electron chi connectivity index (χ2n) is 5.50. The molecule has 0 spiro atoms. The van der Waals surface area contributed by atoms with Gasteiger partial charge in [-0.25, -0.2) is 9.97 Å².